The van der Waals surface area contributed by atoms with Crippen molar-refractivity contribution < 1.29 is 14.6 Å². The van der Waals surface area contributed by atoms with Gasteiger partial charge >= 0.3 is 0 Å². The molecule has 15 heavy (non-hydrogen) atoms. The molecule has 0 saturated heterocycles. The van der Waals surface area contributed by atoms with Gasteiger partial charge in [-0.2, -0.15) is 0 Å². The van der Waals surface area contributed by atoms with Gasteiger partial charge in [-0.15, -0.1) is 0 Å². The largest absolute Gasteiger partial charge is 0.504 e. The summed E-state index contributed by atoms with van der Waals surface area (Å²) in [4.78, 5) is 11.7. The lowest BCUT2D eigenvalue weighted by Gasteiger charge is -2.12. The highest BCUT2D eigenvalue weighted by Gasteiger charge is 2.20. The highest BCUT2D eigenvalue weighted by atomic mass is 16.5. The van der Waals surface area contributed by atoms with Gasteiger partial charge in [0.15, 0.2) is 17.3 Å². The number of phenols is 1. The lowest BCUT2D eigenvalue weighted by Crippen LogP contribution is -2.27. The maximum Gasteiger partial charge on any atom is 0.183 e. The predicted molar refractivity (Wildman–Crippen MR) is 57.4 cm³/mol. The Morgan fingerprint density at radius 3 is 2.60 bits per heavy atom. The third kappa shape index (κ3) is 2.10. The van der Waals surface area contributed by atoms with Crippen molar-refractivity contribution in [2.75, 3.05) is 7.11 Å². The molecule has 0 heterocycles. The third-order valence-electron chi connectivity index (χ3n) is 2.23. The molecule has 0 amide bonds. The van der Waals surface area contributed by atoms with Crippen LogP contribution in [0, 0.1) is 6.92 Å². The van der Waals surface area contributed by atoms with E-state index in [4.69, 9.17) is 10.5 Å². The van der Waals surface area contributed by atoms with E-state index in [9.17, 15) is 9.90 Å². The fraction of sp³-hybridized carbons (Fsp3) is 0.364. The quantitative estimate of drug-likeness (QED) is 0.734. The minimum atomic E-state index is -0.637. The second kappa shape index (κ2) is 4.31. The Morgan fingerprint density at radius 2 is 2.13 bits per heavy atom. The van der Waals surface area contributed by atoms with Crippen LogP contribution in [0.5, 0.6) is 11.5 Å². The summed E-state index contributed by atoms with van der Waals surface area (Å²) in [7, 11) is 1.44. The van der Waals surface area contributed by atoms with Crippen LogP contribution < -0.4 is 10.5 Å². The van der Waals surface area contributed by atoms with Gasteiger partial charge in [-0.3, -0.25) is 4.79 Å². The number of ketones is 1. The molecule has 82 valence electrons. The highest BCUT2D eigenvalue weighted by Crippen LogP contribution is 2.32. The maximum absolute atomic E-state index is 11.7. The van der Waals surface area contributed by atoms with Crippen molar-refractivity contribution in [1.29, 1.82) is 0 Å². The minimum Gasteiger partial charge on any atom is -0.504 e. The van der Waals surface area contributed by atoms with Gasteiger partial charge in [-0.1, -0.05) is 6.07 Å². The number of aryl methyl sites for hydroxylation is 1. The van der Waals surface area contributed by atoms with Crippen molar-refractivity contribution >= 4 is 5.78 Å². The molecule has 0 fully saturated rings. The van der Waals surface area contributed by atoms with E-state index < -0.39 is 6.04 Å². The van der Waals surface area contributed by atoms with Crippen molar-refractivity contribution in [1.82, 2.24) is 0 Å². The van der Waals surface area contributed by atoms with E-state index in [1.807, 2.05) is 0 Å². The van der Waals surface area contributed by atoms with Crippen LogP contribution in [0.25, 0.3) is 0 Å². The lowest BCUT2D eigenvalue weighted by molar-refractivity contribution is 0.0964. The molecule has 0 aliphatic carbocycles. The van der Waals surface area contributed by atoms with E-state index in [1.54, 1.807) is 26.0 Å². The molecule has 0 bridgehead atoms. The first-order valence-electron chi connectivity index (χ1n) is 4.65. The normalized spacial score (nSPS) is 12.3. The number of carbonyl (C=O) groups excluding carboxylic acids is 1. The van der Waals surface area contributed by atoms with E-state index in [2.05, 4.69) is 0 Å². The number of ether oxygens (including phenoxy) is 1. The fourth-order valence-corrected chi connectivity index (χ4v) is 1.38. The number of rotatable bonds is 3. The fourth-order valence-electron chi connectivity index (χ4n) is 1.38. The SMILES string of the molecule is COc1ccc(C)c(C(=O)C(C)N)c1O. The number of hydrogen-bond donors (Lipinski definition) is 2. The zero-order chi connectivity index (χ0) is 11.6. The molecule has 0 aliphatic rings. The summed E-state index contributed by atoms with van der Waals surface area (Å²) in [5.41, 5.74) is 6.43. The van der Waals surface area contributed by atoms with Crippen LogP contribution in [-0.4, -0.2) is 24.0 Å². The van der Waals surface area contributed by atoms with Crippen LogP contribution in [-0.2, 0) is 0 Å². The van der Waals surface area contributed by atoms with Gasteiger partial charge in [0.2, 0.25) is 0 Å². The summed E-state index contributed by atoms with van der Waals surface area (Å²) >= 11 is 0. The minimum absolute atomic E-state index is 0.139. The molecule has 0 aliphatic heterocycles. The number of aromatic hydroxyl groups is 1. The summed E-state index contributed by atoms with van der Waals surface area (Å²) in [6, 6.07) is 2.69. The number of carbonyl (C=O) groups is 1. The average Bonchev–Trinajstić information content (AvgIpc) is 2.17. The number of hydrogen-bond acceptors (Lipinski definition) is 4. The van der Waals surface area contributed by atoms with Crippen LogP contribution in [0.1, 0.15) is 22.8 Å². The van der Waals surface area contributed by atoms with E-state index in [-0.39, 0.29) is 22.8 Å². The van der Waals surface area contributed by atoms with Gasteiger partial charge < -0.3 is 15.6 Å². The summed E-state index contributed by atoms with van der Waals surface area (Å²) < 4.78 is 4.93. The van der Waals surface area contributed by atoms with Gasteiger partial charge in [-0.25, -0.2) is 0 Å². The highest BCUT2D eigenvalue weighted by molar-refractivity contribution is 6.03. The molecule has 0 saturated carbocycles. The molecule has 1 unspecified atom stereocenters. The van der Waals surface area contributed by atoms with Crippen molar-refractivity contribution in [2.45, 2.75) is 19.9 Å². The van der Waals surface area contributed by atoms with Crippen LogP contribution in [0.4, 0.5) is 0 Å². The zero-order valence-corrected chi connectivity index (χ0v) is 9.07. The first-order valence-corrected chi connectivity index (χ1v) is 4.65. The molecule has 1 aromatic rings. The summed E-state index contributed by atoms with van der Waals surface area (Å²) in [5.74, 6) is -0.145. The molecule has 4 nitrogen and oxygen atoms in total. The third-order valence-corrected chi connectivity index (χ3v) is 2.23. The Balaban J connectivity index is 3.33. The van der Waals surface area contributed by atoms with Crippen LogP contribution in [0.15, 0.2) is 12.1 Å². The Kier molecular flexibility index (Phi) is 3.31. The Labute approximate surface area is 88.7 Å². The van der Waals surface area contributed by atoms with E-state index >= 15 is 0 Å². The van der Waals surface area contributed by atoms with Gasteiger partial charge in [0.05, 0.1) is 18.7 Å². The molecule has 1 atom stereocenters. The average molecular weight is 209 g/mol. The van der Waals surface area contributed by atoms with Crippen molar-refractivity contribution in [2.24, 2.45) is 5.73 Å². The van der Waals surface area contributed by atoms with E-state index in [0.717, 1.165) is 0 Å². The number of phenolic OH excluding ortho intramolecular Hbond substituents is 1. The summed E-state index contributed by atoms with van der Waals surface area (Å²) in [6.45, 7) is 3.33. The summed E-state index contributed by atoms with van der Waals surface area (Å²) in [5, 5.41) is 9.79. The predicted octanol–water partition coefficient (Wildman–Crippen LogP) is 1.24. The van der Waals surface area contributed by atoms with E-state index in [0.29, 0.717) is 5.56 Å². The number of Topliss-reactive ketones (excluding diaryl/α,β-unsaturated/α-hetero) is 1. The van der Waals surface area contributed by atoms with Gasteiger partial charge in [-0.05, 0) is 25.5 Å². The van der Waals surface area contributed by atoms with Crippen LogP contribution in [0.3, 0.4) is 0 Å². The van der Waals surface area contributed by atoms with Gasteiger partial charge in [0.25, 0.3) is 0 Å². The first-order chi connectivity index (χ1) is 6.99. The standard InChI is InChI=1S/C11H15NO3/c1-6-4-5-8(15-3)11(14)9(6)10(13)7(2)12/h4-5,7,14H,12H2,1-3H3. The molecular formula is C11H15NO3. The Morgan fingerprint density at radius 1 is 1.53 bits per heavy atom. The monoisotopic (exact) mass is 209 g/mol. The molecule has 0 aromatic heterocycles. The van der Waals surface area contributed by atoms with Crippen LogP contribution in [0.2, 0.25) is 0 Å². The number of benzene rings is 1. The zero-order valence-electron chi connectivity index (χ0n) is 9.07. The molecular weight excluding hydrogens is 194 g/mol. The molecule has 0 spiro atoms. The smallest absolute Gasteiger partial charge is 0.183 e. The van der Waals surface area contributed by atoms with Crippen molar-refractivity contribution in [3.05, 3.63) is 23.3 Å². The van der Waals surface area contributed by atoms with Gasteiger partial charge in [0.1, 0.15) is 0 Å². The molecule has 1 rings (SSSR count). The summed E-state index contributed by atoms with van der Waals surface area (Å²) in [6.07, 6.45) is 0. The van der Waals surface area contributed by atoms with E-state index in [1.165, 1.54) is 7.11 Å². The first kappa shape index (κ1) is 11.5. The van der Waals surface area contributed by atoms with Crippen molar-refractivity contribution in [3.63, 3.8) is 0 Å². The second-order valence-electron chi connectivity index (χ2n) is 3.46. The second-order valence-corrected chi connectivity index (χ2v) is 3.46. The Hall–Kier alpha value is -1.55. The van der Waals surface area contributed by atoms with Crippen LogP contribution >= 0.6 is 0 Å². The molecule has 4 heteroatoms. The van der Waals surface area contributed by atoms with Gasteiger partial charge in [0, 0.05) is 0 Å². The van der Waals surface area contributed by atoms with Crippen molar-refractivity contribution in [3.8, 4) is 11.5 Å². The maximum atomic E-state index is 11.7. The Bertz CT molecular complexity index is 386. The number of nitrogens with two attached hydrogens (primary N) is 1. The molecule has 3 N–H and O–H groups in total. The topological polar surface area (TPSA) is 72.5 Å². The molecule has 0 radical (unpaired) electrons. The molecule has 1 aromatic carbocycles. The lowest BCUT2D eigenvalue weighted by atomic mass is 9.99. The number of methoxy groups -OCH3 is 1.